The molecular formula is C12H17ClN2O3. The van der Waals surface area contributed by atoms with Crippen molar-refractivity contribution in [2.24, 2.45) is 5.92 Å². The highest BCUT2D eigenvalue weighted by Gasteiger charge is 2.08. The molecule has 0 atom stereocenters. The Morgan fingerprint density at radius 2 is 2.22 bits per heavy atom. The number of nitrogens with zero attached hydrogens (tertiary/aromatic N) is 1. The molecule has 1 aromatic carbocycles. The average Bonchev–Trinajstić information content (AvgIpc) is 2.29. The Morgan fingerprint density at radius 1 is 1.50 bits per heavy atom. The van der Waals surface area contributed by atoms with E-state index in [0.717, 1.165) is 6.61 Å². The molecule has 0 radical (unpaired) electrons. The molecule has 0 amide bonds. The minimum Gasteiger partial charge on any atom is -0.382 e. The van der Waals surface area contributed by atoms with Crippen LogP contribution >= 0.6 is 11.6 Å². The van der Waals surface area contributed by atoms with E-state index in [1.165, 1.54) is 12.1 Å². The van der Waals surface area contributed by atoms with Gasteiger partial charge in [0, 0.05) is 25.3 Å². The van der Waals surface area contributed by atoms with Gasteiger partial charge in [0.1, 0.15) is 0 Å². The lowest BCUT2D eigenvalue weighted by Crippen LogP contribution is -2.12. The zero-order valence-electron chi connectivity index (χ0n) is 10.5. The van der Waals surface area contributed by atoms with Crippen molar-refractivity contribution >= 4 is 23.0 Å². The van der Waals surface area contributed by atoms with Gasteiger partial charge in [-0.1, -0.05) is 25.4 Å². The van der Waals surface area contributed by atoms with Gasteiger partial charge in [-0.3, -0.25) is 10.1 Å². The van der Waals surface area contributed by atoms with Crippen LogP contribution in [0.1, 0.15) is 13.8 Å². The maximum atomic E-state index is 10.5. The smallest absolute Gasteiger partial charge is 0.271 e. The molecular weight excluding hydrogens is 256 g/mol. The van der Waals surface area contributed by atoms with Crippen LogP contribution in [0.25, 0.3) is 0 Å². The number of nitrogens with one attached hydrogen (secondary N) is 1. The molecule has 0 saturated heterocycles. The van der Waals surface area contributed by atoms with E-state index in [0.29, 0.717) is 29.8 Å². The molecule has 0 aliphatic heterocycles. The molecule has 1 aromatic rings. The van der Waals surface area contributed by atoms with Gasteiger partial charge < -0.3 is 10.1 Å². The molecule has 0 aliphatic rings. The number of non-ortho nitro benzene ring substituents is 1. The van der Waals surface area contributed by atoms with Gasteiger partial charge in [-0.25, -0.2) is 0 Å². The SMILES string of the molecule is CC(C)COCCNc1ccc([N+](=O)[O-])cc1Cl. The summed E-state index contributed by atoms with van der Waals surface area (Å²) < 4.78 is 5.40. The van der Waals surface area contributed by atoms with Gasteiger partial charge in [0.05, 0.1) is 22.2 Å². The van der Waals surface area contributed by atoms with Gasteiger partial charge in [-0.15, -0.1) is 0 Å². The van der Waals surface area contributed by atoms with Gasteiger partial charge in [0.15, 0.2) is 0 Å². The first kappa shape index (κ1) is 14.7. The van der Waals surface area contributed by atoms with Gasteiger partial charge >= 0.3 is 0 Å². The van der Waals surface area contributed by atoms with Crippen molar-refractivity contribution in [1.82, 2.24) is 0 Å². The van der Waals surface area contributed by atoms with Crippen molar-refractivity contribution in [3.05, 3.63) is 33.3 Å². The van der Waals surface area contributed by atoms with E-state index in [2.05, 4.69) is 19.2 Å². The zero-order valence-corrected chi connectivity index (χ0v) is 11.2. The van der Waals surface area contributed by atoms with Crippen molar-refractivity contribution in [3.8, 4) is 0 Å². The minimum absolute atomic E-state index is 0.0124. The number of halogens is 1. The predicted molar refractivity (Wildman–Crippen MR) is 72.3 cm³/mol. The summed E-state index contributed by atoms with van der Waals surface area (Å²) in [5.41, 5.74) is 0.664. The number of ether oxygens (including phenoxy) is 1. The summed E-state index contributed by atoms with van der Waals surface area (Å²) in [6, 6.07) is 4.35. The summed E-state index contributed by atoms with van der Waals surface area (Å²) in [5.74, 6) is 0.507. The monoisotopic (exact) mass is 272 g/mol. The molecule has 1 N–H and O–H groups in total. The number of benzene rings is 1. The van der Waals surface area contributed by atoms with Gasteiger partial charge in [-0.05, 0) is 12.0 Å². The first-order valence-corrected chi connectivity index (χ1v) is 6.14. The maximum Gasteiger partial charge on any atom is 0.271 e. The molecule has 0 fully saturated rings. The fourth-order valence-electron chi connectivity index (χ4n) is 1.34. The largest absolute Gasteiger partial charge is 0.382 e. The maximum absolute atomic E-state index is 10.5. The Labute approximate surface area is 111 Å². The van der Waals surface area contributed by atoms with Crippen molar-refractivity contribution in [2.75, 3.05) is 25.1 Å². The second-order valence-electron chi connectivity index (χ2n) is 4.32. The van der Waals surface area contributed by atoms with Crippen LogP contribution in [0.2, 0.25) is 5.02 Å². The van der Waals surface area contributed by atoms with Crippen LogP contribution in [-0.4, -0.2) is 24.7 Å². The van der Waals surface area contributed by atoms with Crippen LogP contribution < -0.4 is 5.32 Å². The summed E-state index contributed by atoms with van der Waals surface area (Å²) in [6.45, 7) is 6.08. The Hall–Kier alpha value is -1.33. The van der Waals surface area contributed by atoms with E-state index in [9.17, 15) is 10.1 Å². The fourth-order valence-corrected chi connectivity index (χ4v) is 1.58. The van der Waals surface area contributed by atoms with Gasteiger partial charge in [-0.2, -0.15) is 0 Å². The van der Waals surface area contributed by atoms with Gasteiger partial charge in [0.2, 0.25) is 0 Å². The molecule has 100 valence electrons. The average molecular weight is 273 g/mol. The molecule has 0 aliphatic carbocycles. The van der Waals surface area contributed by atoms with Crippen molar-refractivity contribution in [2.45, 2.75) is 13.8 Å². The Balaban J connectivity index is 2.41. The zero-order chi connectivity index (χ0) is 13.5. The number of anilines is 1. The predicted octanol–water partition coefficient (Wildman–Crippen LogP) is 3.33. The fraction of sp³-hybridized carbons (Fsp3) is 0.500. The molecule has 0 aromatic heterocycles. The van der Waals surface area contributed by atoms with Crippen LogP contribution in [0.5, 0.6) is 0 Å². The molecule has 0 heterocycles. The van der Waals surface area contributed by atoms with Crippen LogP contribution in [0.4, 0.5) is 11.4 Å². The number of nitro benzene ring substituents is 1. The highest BCUT2D eigenvalue weighted by Crippen LogP contribution is 2.26. The summed E-state index contributed by atoms with van der Waals surface area (Å²) in [7, 11) is 0. The molecule has 5 nitrogen and oxygen atoms in total. The standard InChI is InChI=1S/C12H17ClN2O3/c1-9(2)8-18-6-5-14-12-4-3-10(15(16)17)7-11(12)13/h3-4,7,9,14H,5-6,8H2,1-2H3. The summed E-state index contributed by atoms with van der Waals surface area (Å²) >= 11 is 5.93. The van der Waals surface area contributed by atoms with Crippen LogP contribution in [0, 0.1) is 16.0 Å². The first-order chi connectivity index (χ1) is 8.50. The Bertz CT molecular complexity index is 410. The highest BCUT2D eigenvalue weighted by molar-refractivity contribution is 6.33. The highest BCUT2D eigenvalue weighted by atomic mass is 35.5. The minimum atomic E-state index is -0.471. The summed E-state index contributed by atoms with van der Waals surface area (Å²) in [5, 5.41) is 13.9. The first-order valence-electron chi connectivity index (χ1n) is 5.76. The number of hydrogen-bond acceptors (Lipinski definition) is 4. The van der Waals surface area contributed by atoms with Crippen molar-refractivity contribution in [3.63, 3.8) is 0 Å². The molecule has 0 bridgehead atoms. The second-order valence-corrected chi connectivity index (χ2v) is 4.72. The van der Waals surface area contributed by atoms with E-state index >= 15 is 0 Å². The lowest BCUT2D eigenvalue weighted by Gasteiger charge is -2.10. The summed E-state index contributed by atoms with van der Waals surface area (Å²) in [6.07, 6.45) is 0. The lowest BCUT2D eigenvalue weighted by atomic mass is 10.2. The van der Waals surface area contributed by atoms with E-state index in [1.807, 2.05) is 0 Å². The quantitative estimate of drug-likeness (QED) is 0.470. The van der Waals surface area contributed by atoms with Crippen LogP contribution in [0.15, 0.2) is 18.2 Å². The van der Waals surface area contributed by atoms with E-state index in [4.69, 9.17) is 16.3 Å². The van der Waals surface area contributed by atoms with E-state index in [1.54, 1.807) is 6.07 Å². The molecule has 6 heteroatoms. The van der Waals surface area contributed by atoms with Crippen LogP contribution in [0.3, 0.4) is 0 Å². The molecule has 0 unspecified atom stereocenters. The van der Waals surface area contributed by atoms with Crippen molar-refractivity contribution < 1.29 is 9.66 Å². The van der Waals surface area contributed by atoms with E-state index < -0.39 is 4.92 Å². The second kappa shape index (κ2) is 7.18. The number of nitro groups is 1. The molecule has 18 heavy (non-hydrogen) atoms. The summed E-state index contributed by atoms with van der Waals surface area (Å²) in [4.78, 5) is 10.1. The van der Waals surface area contributed by atoms with E-state index in [-0.39, 0.29) is 5.69 Å². The molecule has 1 rings (SSSR count). The topological polar surface area (TPSA) is 64.4 Å². The third-order valence-electron chi connectivity index (χ3n) is 2.18. The number of hydrogen-bond donors (Lipinski definition) is 1. The Kier molecular flexibility index (Phi) is 5.88. The van der Waals surface area contributed by atoms with Crippen LogP contribution in [-0.2, 0) is 4.74 Å². The lowest BCUT2D eigenvalue weighted by molar-refractivity contribution is -0.384. The third-order valence-corrected chi connectivity index (χ3v) is 2.49. The third kappa shape index (κ3) is 4.89. The normalized spacial score (nSPS) is 10.7. The van der Waals surface area contributed by atoms with Crippen molar-refractivity contribution in [1.29, 1.82) is 0 Å². The van der Waals surface area contributed by atoms with Gasteiger partial charge in [0.25, 0.3) is 5.69 Å². The number of rotatable bonds is 7. The molecule has 0 saturated carbocycles. The molecule has 0 spiro atoms. The Morgan fingerprint density at radius 3 is 2.78 bits per heavy atom.